The number of amides is 1. The average molecular weight is 349 g/mol. The first-order valence-corrected chi connectivity index (χ1v) is 8.53. The molecule has 0 aliphatic heterocycles. The summed E-state index contributed by atoms with van der Waals surface area (Å²) >= 11 is 0. The molecule has 1 amide bonds. The van der Waals surface area contributed by atoms with Crippen molar-refractivity contribution in [3.63, 3.8) is 0 Å². The SMILES string of the molecule is CC(N)CC(=O)Nc1ccc(CS(=O)(=O)C(C)(C)C)cc1.Cl. The number of nitrogens with two attached hydrogens (primary N) is 1. The molecule has 126 valence electrons. The van der Waals surface area contributed by atoms with Crippen LogP contribution >= 0.6 is 12.4 Å². The summed E-state index contributed by atoms with van der Waals surface area (Å²) in [5, 5.41) is 2.73. The van der Waals surface area contributed by atoms with Gasteiger partial charge in [0.15, 0.2) is 9.84 Å². The van der Waals surface area contributed by atoms with Crippen molar-refractivity contribution in [3.05, 3.63) is 29.8 Å². The number of benzene rings is 1. The van der Waals surface area contributed by atoms with Gasteiger partial charge in [-0.25, -0.2) is 8.42 Å². The molecule has 1 aromatic rings. The zero-order chi connectivity index (χ0) is 16.3. The summed E-state index contributed by atoms with van der Waals surface area (Å²) in [7, 11) is -3.21. The molecule has 0 saturated carbocycles. The van der Waals surface area contributed by atoms with E-state index in [1.165, 1.54) is 0 Å². The second-order valence-corrected chi connectivity index (χ2v) is 9.04. The van der Waals surface area contributed by atoms with Gasteiger partial charge in [-0.1, -0.05) is 12.1 Å². The Bertz CT molecular complexity index is 590. The maximum atomic E-state index is 12.1. The van der Waals surface area contributed by atoms with Crippen molar-refractivity contribution in [1.29, 1.82) is 0 Å². The number of nitrogens with one attached hydrogen (secondary N) is 1. The van der Waals surface area contributed by atoms with Crippen LogP contribution < -0.4 is 11.1 Å². The second kappa shape index (κ2) is 7.94. The summed E-state index contributed by atoms with van der Waals surface area (Å²) in [6, 6.07) is 6.63. The highest BCUT2D eigenvalue weighted by molar-refractivity contribution is 7.91. The van der Waals surface area contributed by atoms with E-state index in [0.29, 0.717) is 11.3 Å². The third-order valence-electron chi connectivity index (χ3n) is 3.03. The Morgan fingerprint density at radius 2 is 1.73 bits per heavy atom. The van der Waals surface area contributed by atoms with E-state index >= 15 is 0 Å². The monoisotopic (exact) mass is 348 g/mol. The van der Waals surface area contributed by atoms with Crippen molar-refractivity contribution < 1.29 is 13.2 Å². The molecule has 1 atom stereocenters. The van der Waals surface area contributed by atoms with E-state index in [0.717, 1.165) is 0 Å². The van der Waals surface area contributed by atoms with Crippen LogP contribution in [0, 0.1) is 0 Å². The number of hydrogen-bond acceptors (Lipinski definition) is 4. The maximum absolute atomic E-state index is 12.1. The molecule has 1 aromatic carbocycles. The Morgan fingerprint density at radius 1 is 1.23 bits per heavy atom. The molecule has 3 N–H and O–H groups in total. The molecule has 1 unspecified atom stereocenters. The van der Waals surface area contributed by atoms with Gasteiger partial charge in [-0.15, -0.1) is 12.4 Å². The fraction of sp³-hybridized carbons (Fsp3) is 0.533. The van der Waals surface area contributed by atoms with Crippen molar-refractivity contribution in [2.75, 3.05) is 5.32 Å². The van der Waals surface area contributed by atoms with Gasteiger partial charge in [0.05, 0.1) is 10.5 Å². The highest BCUT2D eigenvalue weighted by Gasteiger charge is 2.28. The van der Waals surface area contributed by atoms with Gasteiger partial charge in [0.1, 0.15) is 0 Å². The molecule has 7 heteroatoms. The molecule has 0 aromatic heterocycles. The van der Waals surface area contributed by atoms with E-state index in [4.69, 9.17) is 5.73 Å². The zero-order valence-electron chi connectivity index (χ0n) is 13.4. The smallest absolute Gasteiger partial charge is 0.225 e. The Labute approximate surface area is 139 Å². The number of rotatable bonds is 5. The van der Waals surface area contributed by atoms with Crippen LogP contribution in [0.1, 0.15) is 39.7 Å². The molecule has 0 radical (unpaired) electrons. The summed E-state index contributed by atoms with van der Waals surface area (Å²) < 4.78 is 23.5. The third-order valence-corrected chi connectivity index (χ3v) is 5.61. The number of halogens is 1. The van der Waals surface area contributed by atoms with Crippen LogP contribution in [0.3, 0.4) is 0 Å². The van der Waals surface area contributed by atoms with Crippen LogP contribution in [-0.2, 0) is 20.4 Å². The lowest BCUT2D eigenvalue weighted by Gasteiger charge is -2.19. The molecule has 22 heavy (non-hydrogen) atoms. The quantitative estimate of drug-likeness (QED) is 0.855. The van der Waals surface area contributed by atoms with Crippen LogP contribution in [-0.4, -0.2) is 25.1 Å². The van der Waals surface area contributed by atoms with Crippen molar-refractivity contribution in [1.82, 2.24) is 0 Å². The Hall–Kier alpha value is -1.11. The molecule has 0 spiro atoms. The summed E-state index contributed by atoms with van der Waals surface area (Å²) in [6.45, 7) is 6.82. The predicted molar refractivity (Wildman–Crippen MR) is 93.0 cm³/mol. The molecule has 0 fully saturated rings. The van der Waals surface area contributed by atoms with Crippen LogP contribution in [0.5, 0.6) is 0 Å². The normalized spacial score (nSPS) is 13.1. The van der Waals surface area contributed by atoms with Gasteiger partial charge in [0.2, 0.25) is 5.91 Å². The van der Waals surface area contributed by atoms with Crippen molar-refractivity contribution >= 4 is 33.8 Å². The number of anilines is 1. The van der Waals surface area contributed by atoms with Crippen LogP contribution in [0.15, 0.2) is 24.3 Å². The molecule has 0 heterocycles. The van der Waals surface area contributed by atoms with Crippen molar-refractivity contribution in [2.45, 2.75) is 50.7 Å². The second-order valence-electron chi connectivity index (χ2n) is 6.30. The molecule has 0 saturated heterocycles. The summed E-state index contributed by atoms with van der Waals surface area (Å²) in [6.07, 6.45) is 0.250. The fourth-order valence-electron chi connectivity index (χ4n) is 1.62. The van der Waals surface area contributed by atoms with E-state index in [1.54, 1.807) is 52.0 Å². The number of carbonyl (C=O) groups excluding carboxylic acids is 1. The van der Waals surface area contributed by atoms with Gasteiger partial charge in [-0.05, 0) is 45.4 Å². The third kappa shape index (κ3) is 6.34. The molecule has 0 aliphatic rings. The average Bonchev–Trinajstić information content (AvgIpc) is 2.28. The topological polar surface area (TPSA) is 89.3 Å². The van der Waals surface area contributed by atoms with Gasteiger partial charge in [-0.2, -0.15) is 0 Å². The van der Waals surface area contributed by atoms with Gasteiger partial charge in [0, 0.05) is 18.2 Å². The Morgan fingerprint density at radius 3 is 2.14 bits per heavy atom. The molecule has 0 aliphatic carbocycles. The minimum atomic E-state index is -3.21. The van der Waals surface area contributed by atoms with Gasteiger partial charge in [-0.3, -0.25) is 4.79 Å². The van der Waals surface area contributed by atoms with E-state index in [1.807, 2.05) is 0 Å². The lowest BCUT2D eigenvalue weighted by molar-refractivity contribution is -0.116. The largest absolute Gasteiger partial charge is 0.327 e. The summed E-state index contributed by atoms with van der Waals surface area (Å²) in [5.41, 5.74) is 6.89. The highest BCUT2D eigenvalue weighted by Crippen LogP contribution is 2.21. The first-order valence-electron chi connectivity index (χ1n) is 6.88. The molecule has 1 rings (SSSR count). The van der Waals surface area contributed by atoms with E-state index in [9.17, 15) is 13.2 Å². The highest BCUT2D eigenvalue weighted by atomic mass is 35.5. The standard InChI is InChI=1S/C15H24N2O3S.ClH/c1-11(16)9-14(18)17-13-7-5-12(6-8-13)10-21(19,20)15(2,3)4;/h5-8,11H,9-10,16H2,1-4H3,(H,17,18);1H. The number of hydrogen-bond donors (Lipinski definition) is 2. The Balaban J connectivity index is 0.00000441. The molecular formula is C15H25ClN2O3S. The van der Waals surface area contributed by atoms with Gasteiger partial charge < -0.3 is 11.1 Å². The van der Waals surface area contributed by atoms with Crippen molar-refractivity contribution in [2.24, 2.45) is 5.73 Å². The summed E-state index contributed by atoms with van der Waals surface area (Å²) in [4.78, 5) is 11.6. The number of carbonyl (C=O) groups is 1. The number of sulfone groups is 1. The molecule has 0 bridgehead atoms. The predicted octanol–water partition coefficient (Wildman–Crippen LogP) is 2.50. The fourth-order valence-corrected chi connectivity index (χ4v) is 2.69. The van der Waals surface area contributed by atoms with Gasteiger partial charge >= 0.3 is 0 Å². The first kappa shape index (κ1) is 20.9. The summed E-state index contributed by atoms with van der Waals surface area (Å²) in [5.74, 6) is -0.162. The van der Waals surface area contributed by atoms with Crippen LogP contribution in [0.25, 0.3) is 0 Å². The minimum Gasteiger partial charge on any atom is -0.327 e. The Kier molecular flexibility index (Phi) is 7.54. The molecule has 5 nitrogen and oxygen atoms in total. The van der Waals surface area contributed by atoms with E-state index in [-0.39, 0.29) is 36.5 Å². The van der Waals surface area contributed by atoms with Crippen LogP contribution in [0.2, 0.25) is 0 Å². The minimum absolute atomic E-state index is 0. The lowest BCUT2D eigenvalue weighted by Crippen LogP contribution is -2.29. The molecular weight excluding hydrogens is 324 g/mol. The van der Waals surface area contributed by atoms with E-state index < -0.39 is 14.6 Å². The maximum Gasteiger partial charge on any atom is 0.225 e. The first-order chi connectivity index (χ1) is 9.51. The van der Waals surface area contributed by atoms with Crippen LogP contribution in [0.4, 0.5) is 5.69 Å². The van der Waals surface area contributed by atoms with E-state index in [2.05, 4.69) is 5.32 Å². The lowest BCUT2D eigenvalue weighted by atomic mass is 10.2. The van der Waals surface area contributed by atoms with Gasteiger partial charge in [0.25, 0.3) is 0 Å². The van der Waals surface area contributed by atoms with Crippen molar-refractivity contribution in [3.8, 4) is 0 Å². The zero-order valence-corrected chi connectivity index (χ0v) is 15.1.